The van der Waals surface area contributed by atoms with Gasteiger partial charge in [0.2, 0.25) is 0 Å². The molecule has 3 aromatic rings. The van der Waals surface area contributed by atoms with E-state index in [1.54, 1.807) is 18.2 Å². The maximum atomic E-state index is 9.64. The minimum absolute atomic E-state index is 0.432. The average molecular weight is 366 g/mol. The van der Waals surface area contributed by atoms with Crippen LogP contribution < -0.4 is 4.74 Å². The Balaban J connectivity index is 2.00. The Morgan fingerprint density at radius 3 is 2.92 bits per heavy atom. The first-order chi connectivity index (χ1) is 12.6. The third-order valence-electron chi connectivity index (χ3n) is 4.04. The molecule has 5 heteroatoms. The number of rotatable bonds is 6. The number of H-pyrrole nitrogens is 1. The first-order valence-corrected chi connectivity index (χ1v) is 8.99. The molecular weight excluding hydrogens is 346 g/mol. The van der Waals surface area contributed by atoms with Gasteiger partial charge in [0.1, 0.15) is 17.6 Å². The van der Waals surface area contributed by atoms with Crippen molar-refractivity contribution in [1.29, 1.82) is 5.26 Å². The van der Waals surface area contributed by atoms with Crippen LogP contribution in [0.5, 0.6) is 5.75 Å². The highest BCUT2D eigenvalue weighted by molar-refractivity contribution is 6.30. The fraction of sp³-hybridized carbons (Fsp3) is 0.238. The number of ether oxygens (including phenoxy) is 1. The number of nitrogens with one attached hydrogen (secondary N) is 1. The lowest BCUT2D eigenvalue weighted by molar-refractivity contribution is 0.309. The molecule has 132 valence electrons. The first kappa shape index (κ1) is 18.0. The van der Waals surface area contributed by atoms with Gasteiger partial charge in [0.05, 0.1) is 23.2 Å². The minimum Gasteiger partial charge on any atom is -0.493 e. The number of hydrogen-bond acceptors (Lipinski definition) is 3. The van der Waals surface area contributed by atoms with Crippen molar-refractivity contribution < 1.29 is 4.74 Å². The molecule has 1 aromatic heterocycles. The summed E-state index contributed by atoms with van der Waals surface area (Å²) in [7, 11) is 0. The van der Waals surface area contributed by atoms with Crippen LogP contribution >= 0.6 is 11.6 Å². The van der Waals surface area contributed by atoms with E-state index >= 15 is 0 Å². The highest BCUT2D eigenvalue weighted by Gasteiger charge is 2.10. The van der Waals surface area contributed by atoms with Gasteiger partial charge in [-0.15, -0.1) is 0 Å². The molecule has 0 amide bonds. The fourth-order valence-electron chi connectivity index (χ4n) is 2.65. The monoisotopic (exact) mass is 365 g/mol. The molecule has 2 aromatic carbocycles. The Morgan fingerprint density at radius 2 is 2.15 bits per heavy atom. The Kier molecular flexibility index (Phi) is 5.60. The number of unbranched alkanes of at least 4 members (excludes halogenated alkanes) is 1. The summed E-state index contributed by atoms with van der Waals surface area (Å²) in [6, 6.07) is 13.6. The van der Waals surface area contributed by atoms with Crippen molar-refractivity contribution in [2.75, 3.05) is 6.61 Å². The van der Waals surface area contributed by atoms with E-state index in [1.165, 1.54) is 0 Å². The van der Waals surface area contributed by atoms with Crippen LogP contribution in [0.1, 0.15) is 36.7 Å². The zero-order valence-corrected chi connectivity index (χ0v) is 15.6. The standard InChI is InChI=1S/C21H20ClN3O/c1-3-4-9-26-20-8-6-17(22)12-15(20)11-16(13-23)21-24-18-7-5-14(2)10-19(18)25-21/h5-8,10-12H,3-4,9H2,1-2H3,(H,24,25). The van der Waals surface area contributed by atoms with Crippen LogP contribution in [-0.4, -0.2) is 16.6 Å². The van der Waals surface area contributed by atoms with Crippen molar-refractivity contribution in [2.24, 2.45) is 0 Å². The molecule has 0 aliphatic heterocycles. The molecule has 0 bridgehead atoms. The van der Waals surface area contributed by atoms with Crippen LogP contribution in [-0.2, 0) is 0 Å². The smallest absolute Gasteiger partial charge is 0.149 e. The zero-order chi connectivity index (χ0) is 18.5. The summed E-state index contributed by atoms with van der Waals surface area (Å²) >= 11 is 6.14. The van der Waals surface area contributed by atoms with E-state index in [4.69, 9.17) is 16.3 Å². The number of allylic oxidation sites excluding steroid dienone is 1. The maximum absolute atomic E-state index is 9.64. The van der Waals surface area contributed by atoms with Gasteiger partial charge in [-0.3, -0.25) is 0 Å². The molecule has 0 saturated heterocycles. The van der Waals surface area contributed by atoms with Gasteiger partial charge < -0.3 is 9.72 Å². The van der Waals surface area contributed by atoms with E-state index in [2.05, 4.69) is 23.0 Å². The number of nitriles is 1. The highest BCUT2D eigenvalue weighted by Crippen LogP contribution is 2.28. The topological polar surface area (TPSA) is 61.7 Å². The van der Waals surface area contributed by atoms with Gasteiger partial charge in [-0.1, -0.05) is 31.0 Å². The molecule has 26 heavy (non-hydrogen) atoms. The van der Waals surface area contributed by atoms with E-state index in [9.17, 15) is 5.26 Å². The molecule has 1 N–H and O–H groups in total. The second kappa shape index (κ2) is 8.07. The molecule has 0 aliphatic rings. The van der Waals surface area contributed by atoms with Gasteiger partial charge in [-0.05, 0) is 55.3 Å². The quantitative estimate of drug-likeness (QED) is 0.445. The lowest BCUT2D eigenvalue weighted by Gasteiger charge is -2.09. The summed E-state index contributed by atoms with van der Waals surface area (Å²) in [6.45, 7) is 4.76. The molecule has 0 fully saturated rings. The number of aryl methyl sites for hydroxylation is 1. The molecular formula is C21H20ClN3O. The normalized spacial score (nSPS) is 11.5. The minimum atomic E-state index is 0.432. The molecule has 0 radical (unpaired) electrons. The molecule has 4 nitrogen and oxygen atoms in total. The second-order valence-electron chi connectivity index (χ2n) is 6.16. The molecule has 0 aliphatic carbocycles. The third kappa shape index (κ3) is 4.07. The number of benzene rings is 2. The summed E-state index contributed by atoms with van der Waals surface area (Å²) in [5.41, 5.74) is 4.07. The number of fused-ring (bicyclic) bond motifs is 1. The largest absolute Gasteiger partial charge is 0.493 e. The van der Waals surface area contributed by atoms with Crippen LogP contribution in [0.2, 0.25) is 5.02 Å². The Labute approximate surface area is 158 Å². The lowest BCUT2D eigenvalue weighted by atomic mass is 10.1. The van der Waals surface area contributed by atoms with Crippen molar-refractivity contribution in [3.63, 3.8) is 0 Å². The molecule has 0 saturated carbocycles. The molecule has 3 rings (SSSR count). The summed E-state index contributed by atoms with van der Waals surface area (Å²) in [5.74, 6) is 1.25. The van der Waals surface area contributed by atoms with E-state index in [0.717, 1.165) is 35.0 Å². The zero-order valence-electron chi connectivity index (χ0n) is 14.8. The average Bonchev–Trinajstić information content (AvgIpc) is 3.04. The van der Waals surface area contributed by atoms with Crippen molar-refractivity contribution >= 4 is 34.3 Å². The second-order valence-corrected chi connectivity index (χ2v) is 6.60. The van der Waals surface area contributed by atoms with Crippen LogP contribution in [0.4, 0.5) is 0 Å². The highest BCUT2D eigenvalue weighted by atomic mass is 35.5. The summed E-state index contributed by atoms with van der Waals surface area (Å²) in [5, 5.41) is 10.2. The van der Waals surface area contributed by atoms with Gasteiger partial charge in [0.15, 0.2) is 0 Å². The van der Waals surface area contributed by atoms with E-state index < -0.39 is 0 Å². The summed E-state index contributed by atoms with van der Waals surface area (Å²) < 4.78 is 5.85. The maximum Gasteiger partial charge on any atom is 0.149 e. The van der Waals surface area contributed by atoms with Gasteiger partial charge in [0.25, 0.3) is 0 Å². The lowest BCUT2D eigenvalue weighted by Crippen LogP contribution is -1.98. The molecule has 1 heterocycles. The summed E-state index contributed by atoms with van der Waals surface area (Å²) in [4.78, 5) is 7.75. The van der Waals surface area contributed by atoms with Crippen LogP contribution in [0, 0.1) is 18.3 Å². The molecule has 0 atom stereocenters. The SMILES string of the molecule is CCCCOc1ccc(Cl)cc1C=C(C#N)c1nc2ccc(C)cc2[nH]1. The fourth-order valence-corrected chi connectivity index (χ4v) is 2.83. The molecule has 0 spiro atoms. The van der Waals surface area contributed by atoms with Gasteiger partial charge in [0, 0.05) is 10.6 Å². The van der Waals surface area contributed by atoms with Gasteiger partial charge in [-0.25, -0.2) is 4.98 Å². The van der Waals surface area contributed by atoms with Crippen LogP contribution in [0.15, 0.2) is 36.4 Å². The number of imidazole rings is 1. The van der Waals surface area contributed by atoms with Crippen molar-refractivity contribution in [2.45, 2.75) is 26.7 Å². The van der Waals surface area contributed by atoms with E-state index in [0.29, 0.717) is 28.8 Å². The summed E-state index contributed by atoms with van der Waals surface area (Å²) in [6.07, 6.45) is 3.79. The Hall–Kier alpha value is -2.77. The van der Waals surface area contributed by atoms with Crippen LogP contribution in [0.25, 0.3) is 22.7 Å². The van der Waals surface area contributed by atoms with Crippen LogP contribution in [0.3, 0.4) is 0 Å². The number of aromatic nitrogens is 2. The number of halogens is 1. The predicted octanol–water partition coefficient (Wildman–Crippen LogP) is 5.77. The van der Waals surface area contributed by atoms with E-state index in [1.807, 2.05) is 31.2 Å². The van der Waals surface area contributed by atoms with Gasteiger partial charge in [-0.2, -0.15) is 5.26 Å². The Bertz CT molecular complexity index is 998. The van der Waals surface area contributed by atoms with Crippen molar-refractivity contribution in [3.05, 3.63) is 58.4 Å². The Morgan fingerprint density at radius 1 is 1.31 bits per heavy atom. The number of hydrogen-bond donors (Lipinski definition) is 1. The van der Waals surface area contributed by atoms with Crippen molar-refractivity contribution in [1.82, 2.24) is 9.97 Å². The third-order valence-corrected chi connectivity index (χ3v) is 4.28. The first-order valence-electron chi connectivity index (χ1n) is 8.61. The molecule has 0 unspecified atom stereocenters. The predicted molar refractivity (Wildman–Crippen MR) is 106 cm³/mol. The van der Waals surface area contributed by atoms with Crippen molar-refractivity contribution in [3.8, 4) is 11.8 Å². The number of nitrogens with zero attached hydrogens (tertiary/aromatic N) is 2. The number of aromatic amines is 1. The van der Waals surface area contributed by atoms with Gasteiger partial charge >= 0.3 is 0 Å². The van der Waals surface area contributed by atoms with E-state index in [-0.39, 0.29) is 0 Å².